The lowest BCUT2D eigenvalue weighted by atomic mass is 10.0. The summed E-state index contributed by atoms with van der Waals surface area (Å²) in [7, 11) is 0. The van der Waals surface area contributed by atoms with Gasteiger partial charge in [-0.05, 0) is 24.1 Å². The standard InChI is InChI=1S/C15H20N4O/c1-11(2)14(18-12-6-4-3-5-7-12)10-16-15(20)13-8-9-17-19-13/h3-9,11,14,18H,10H2,1-2H3,(H,16,20)(H,17,19)/t14-/m1/s1. The molecule has 0 fully saturated rings. The molecular formula is C15H20N4O. The molecule has 106 valence electrons. The second kappa shape index (κ2) is 6.75. The van der Waals surface area contributed by atoms with Crippen molar-refractivity contribution in [3.8, 4) is 0 Å². The van der Waals surface area contributed by atoms with Crippen molar-refractivity contribution in [2.24, 2.45) is 5.92 Å². The molecule has 20 heavy (non-hydrogen) atoms. The number of hydrogen-bond acceptors (Lipinski definition) is 3. The van der Waals surface area contributed by atoms with E-state index in [1.54, 1.807) is 12.3 Å². The van der Waals surface area contributed by atoms with Gasteiger partial charge in [-0.1, -0.05) is 32.0 Å². The molecule has 1 heterocycles. The summed E-state index contributed by atoms with van der Waals surface area (Å²) in [5.41, 5.74) is 1.54. The van der Waals surface area contributed by atoms with Gasteiger partial charge in [-0.2, -0.15) is 5.10 Å². The molecule has 5 nitrogen and oxygen atoms in total. The Kier molecular flexibility index (Phi) is 4.76. The first-order valence-electron chi connectivity index (χ1n) is 6.76. The second-order valence-electron chi connectivity index (χ2n) is 5.04. The lowest BCUT2D eigenvalue weighted by Crippen LogP contribution is -2.39. The van der Waals surface area contributed by atoms with Gasteiger partial charge in [0.1, 0.15) is 5.69 Å². The minimum atomic E-state index is -0.136. The first kappa shape index (κ1) is 14.1. The van der Waals surface area contributed by atoms with Crippen LogP contribution in [0.1, 0.15) is 24.3 Å². The maximum Gasteiger partial charge on any atom is 0.269 e. The van der Waals surface area contributed by atoms with Crippen molar-refractivity contribution in [2.45, 2.75) is 19.9 Å². The summed E-state index contributed by atoms with van der Waals surface area (Å²) >= 11 is 0. The highest BCUT2D eigenvalue weighted by Gasteiger charge is 2.15. The molecule has 0 saturated carbocycles. The van der Waals surface area contributed by atoms with E-state index < -0.39 is 0 Å². The number of rotatable bonds is 6. The fourth-order valence-electron chi connectivity index (χ4n) is 1.88. The molecule has 5 heteroatoms. The fourth-order valence-corrected chi connectivity index (χ4v) is 1.88. The number of hydrogen-bond donors (Lipinski definition) is 3. The summed E-state index contributed by atoms with van der Waals surface area (Å²) in [6.45, 7) is 4.82. The number of carbonyl (C=O) groups is 1. The average Bonchev–Trinajstić information content (AvgIpc) is 2.98. The Labute approximate surface area is 118 Å². The highest BCUT2D eigenvalue weighted by atomic mass is 16.1. The minimum Gasteiger partial charge on any atom is -0.380 e. The molecule has 2 aromatic rings. The minimum absolute atomic E-state index is 0.136. The third-order valence-corrected chi connectivity index (χ3v) is 3.16. The van der Waals surface area contributed by atoms with Gasteiger partial charge in [-0.25, -0.2) is 0 Å². The average molecular weight is 272 g/mol. The third-order valence-electron chi connectivity index (χ3n) is 3.16. The van der Waals surface area contributed by atoms with E-state index in [9.17, 15) is 4.79 Å². The van der Waals surface area contributed by atoms with Crippen LogP contribution in [0.4, 0.5) is 5.69 Å². The fraction of sp³-hybridized carbons (Fsp3) is 0.333. The Morgan fingerprint density at radius 3 is 2.60 bits per heavy atom. The van der Waals surface area contributed by atoms with E-state index in [1.807, 2.05) is 30.3 Å². The zero-order chi connectivity index (χ0) is 14.4. The molecule has 1 atom stereocenters. The first-order valence-corrected chi connectivity index (χ1v) is 6.76. The van der Waals surface area contributed by atoms with Gasteiger partial charge in [-0.15, -0.1) is 0 Å². The van der Waals surface area contributed by atoms with Crippen LogP contribution in [0.3, 0.4) is 0 Å². The quantitative estimate of drug-likeness (QED) is 0.755. The normalized spacial score (nSPS) is 12.2. The molecule has 0 unspecified atom stereocenters. The molecular weight excluding hydrogens is 252 g/mol. The first-order chi connectivity index (χ1) is 9.66. The molecule has 1 amide bonds. The Hall–Kier alpha value is -2.30. The number of amides is 1. The Bertz CT molecular complexity index is 522. The maximum absolute atomic E-state index is 11.9. The SMILES string of the molecule is CC(C)[C@@H](CNC(=O)c1ccn[nH]1)Nc1ccccc1. The predicted octanol–water partition coefficient (Wildman–Crippen LogP) is 2.28. The van der Waals surface area contributed by atoms with Crippen LogP contribution in [0.5, 0.6) is 0 Å². The topological polar surface area (TPSA) is 69.8 Å². The van der Waals surface area contributed by atoms with E-state index in [2.05, 4.69) is 34.7 Å². The van der Waals surface area contributed by atoms with Crippen LogP contribution in [-0.2, 0) is 0 Å². The predicted molar refractivity (Wildman–Crippen MR) is 79.6 cm³/mol. The third kappa shape index (κ3) is 3.85. The monoisotopic (exact) mass is 272 g/mol. The van der Waals surface area contributed by atoms with Gasteiger partial charge in [0.15, 0.2) is 0 Å². The molecule has 0 aliphatic carbocycles. The van der Waals surface area contributed by atoms with Crippen molar-refractivity contribution in [3.63, 3.8) is 0 Å². The van der Waals surface area contributed by atoms with Crippen molar-refractivity contribution < 1.29 is 4.79 Å². The van der Waals surface area contributed by atoms with E-state index in [1.165, 1.54) is 0 Å². The van der Waals surface area contributed by atoms with Crippen LogP contribution in [-0.4, -0.2) is 28.7 Å². The highest BCUT2D eigenvalue weighted by Crippen LogP contribution is 2.11. The number of anilines is 1. The molecule has 1 aromatic heterocycles. The number of aromatic nitrogens is 2. The molecule has 0 bridgehead atoms. The van der Waals surface area contributed by atoms with Gasteiger partial charge in [-0.3, -0.25) is 9.89 Å². The lowest BCUT2D eigenvalue weighted by Gasteiger charge is -2.23. The number of para-hydroxylation sites is 1. The van der Waals surface area contributed by atoms with Gasteiger partial charge >= 0.3 is 0 Å². The maximum atomic E-state index is 11.9. The van der Waals surface area contributed by atoms with Crippen LogP contribution >= 0.6 is 0 Å². The molecule has 0 aliphatic heterocycles. The molecule has 0 spiro atoms. The van der Waals surface area contributed by atoms with Gasteiger partial charge in [0, 0.05) is 24.5 Å². The summed E-state index contributed by atoms with van der Waals surface area (Å²) in [4.78, 5) is 11.9. The zero-order valence-corrected chi connectivity index (χ0v) is 11.8. The highest BCUT2D eigenvalue weighted by molar-refractivity contribution is 5.92. The smallest absolute Gasteiger partial charge is 0.269 e. The summed E-state index contributed by atoms with van der Waals surface area (Å²) in [5.74, 6) is 0.264. The van der Waals surface area contributed by atoms with Gasteiger partial charge in [0.2, 0.25) is 0 Å². The van der Waals surface area contributed by atoms with E-state index in [-0.39, 0.29) is 11.9 Å². The van der Waals surface area contributed by atoms with Crippen molar-refractivity contribution in [3.05, 3.63) is 48.3 Å². The molecule has 0 saturated heterocycles. The Morgan fingerprint density at radius 2 is 2.00 bits per heavy atom. The number of nitrogens with one attached hydrogen (secondary N) is 3. The van der Waals surface area contributed by atoms with Crippen LogP contribution in [0.2, 0.25) is 0 Å². The lowest BCUT2D eigenvalue weighted by molar-refractivity contribution is 0.0945. The van der Waals surface area contributed by atoms with E-state index >= 15 is 0 Å². The molecule has 0 aliphatic rings. The van der Waals surface area contributed by atoms with Crippen molar-refractivity contribution in [1.82, 2.24) is 15.5 Å². The molecule has 1 aromatic carbocycles. The number of carbonyl (C=O) groups excluding carboxylic acids is 1. The second-order valence-corrected chi connectivity index (χ2v) is 5.04. The van der Waals surface area contributed by atoms with Crippen LogP contribution in [0, 0.1) is 5.92 Å². The summed E-state index contributed by atoms with van der Waals surface area (Å²) in [5, 5.41) is 12.8. The van der Waals surface area contributed by atoms with E-state index in [0.717, 1.165) is 5.69 Å². The van der Waals surface area contributed by atoms with Crippen LogP contribution in [0.15, 0.2) is 42.6 Å². The van der Waals surface area contributed by atoms with Gasteiger partial charge in [0.25, 0.3) is 5.91 Å². The van der Waals surface area contributed by atoms with Crippen molar-refractivity contribution in [2.75, 3.05) is 11.9 Å². The Balaban J connectivity index is 1.91. The van der Waals surface area contributed by atoms with Crippen LogP contribution in [0.25, 0.3) is 0 Å². The van der Waals surface area contributed by atoms with Gasteiger partial charge in [0.05, 0.1) is 0 Å². The van der Waals surface area contributed by atoms with Crippen molar-refractivity contribution >= 4 is 11.6 Å². The van der Waals surface area contributed by atoms with E-state index in [0.29, 0.717) is 18.2 Å². The molecule has 3 N–H and O–H groups in total. The number of aromatic amines is 1. The largest absolute Gasteiger partial charge is 0.380 e. The summed E-state index contributed by atoms with van der Waals surface area (Å²) in [6, 6.07) is 11.8. The summed E-state index contributed by atoms with van der Waals surface area (Å²) < 4.78 is 0. The number of nitrogens with zero attached hydrogens (tertiary/aromatic N) is 1. The van der Waals surface area contributed by atoms with Crippen molar-refractivity contribution in [1.29, 1.82) is 0 Å². The number of benzene rings is 1. The Morgan fingerprint density at radius 1 is 1.25 bits per heavy atom. The summed E-state index contributed by atoms with van der Waals surface area (Å²) in [6.07, 6.45) is 1.57. The zero-order valence-electron chi connectivity index (χ0n) is 11.8. The van der Waals surface area contributed by atoms with E-state index in [4.69, 9.17) is 0 Å². The molecule has 0 radical (unpaired) electrons. The van der Waals surface area contributed by atoms with Crippen LogP contribution < -0.4 is 10.6 Å². The van der Waals surface area contributed by atoms with Gasteiger partial charge < -0.3 is 10.6 Å². The molecule has 2 rings (SSSR count). The number of H-pyrrole nitrogens is 1.